The van der Waals surface area contributed by atoms with Crippen LogP contribution in [0.1, 0.15) is 29.2 Å². The summed E-state index contributed by atoms with van der Waals surface area (Å²) in [4.78, 5) is 0. The van der Waals surface area contributed by atoms with Crippen molar-refractivity contribution >= 4 is 0 Å². The first-order valence-electron chi connectivity index (χ1n) is 8.34. The summed E-state index contributed by atoms with van der Waals surface area (Å²) in [5, 5.41) is 0. The highest BCUT2D eigenvalue weighted by Gasteiger charge is 2.12. The lowest BCUT2D eigenvalue weighted by molar-refractivity contribution is 0.447. The molecule has 0 amide bonds. The number of rotatable bonds is 2. The second kappa shape index (κ2) is 7.49. The summed E-state index contributed by atoms with van der Waals surface area (Å²) in [6.45, 7) is 4.01. The van der Waals surface area contributed by atoms with E-state index in [0.717, 1.165) is 35.2 Å². The van der Waals surface area contributed by atoms with E-state index in [0.29, 0.717) is 11.1 Å². The lowest BCUT2D eigenvalue weighted by atomic mass is 9.97. The molecule has 0 unspecified atom stereocenters. The van der Waals surface area contributed by atoms with Crippen LogP contribution in [0.5, 0.6) is 0 Å². The normalized spacial score (nSPS) is 10.3. The van der Waals surface area contributed by atoms with Crippen molar-refractivity contribution in [1.82, 2.24) is 0 Å². The van der Waals surface area contributed by atoms with Crippen molar-refractivity contribution in [1.29, 1.82) is 0 Å². The molecule has 3 rings (SSSR count). The molecule has 0 atom stereocenters. The fraction of sp³-hybridized carbons (Fsp3) is 0.130. The monoisotopic (exact) mass is 350 g/mol. The smallest absolute Gasteiger partial charge is 0.194 e. The lowest BCUT2D eigenvalue weighted by Crippen LogP contribution is -1.94. The van der Waals surface area contributed by atoms with E-state index in [4.69, 9.17) is 0 Å². The number of hydrogen-bond donors (Lipinski definition) is 0. The average molecular weight is 350 g/mol. The molecular weight excluding hydrogens is 333 g/mol. The molecule has 0 aliphatic rings. The van der Waals surface area contributed by atoms with Gasteiger partial charge in [0, 0.05) is 11.1 Å². The van der Waals surface area contributed by atoms with Crippen molar-refractivity contribution in [2.24, 2.45) is 0 Å². The number of benzene rings is 3. The van der Waals surface area contributed by atoms with Gasteiger partial charge < -0.3 is 0 Å². The van der Waals surface area contributed by atoms with E-state index in [1.54, 1.807) is 6.07 Å². The first kappa shape index (κ1) is 17.8. The Hall–Kier alpha value is -2.99. The Kier molecular flexibility index (Phi) is 5.14. The molecule has 26 heavy (non-hydrogen) atoms. The van der Waals surface area contributed by atoms with E-state index >= 15 is 0 Å². The van der Waals surface area contributed by atoms with Crippen LogP contribution in [0.25, 0.3) is 11.1 Å². The lowest BCUT2D eigenvalue weighted by Gasteiger charge is -2.08. The maximum Gasteiger partial charge on any atom is 0.194 e. The van der Waals surface area contributed by atoms with E-state index in [1.165, 1.54) is 5.56 Å². The summed E-state index contributed by atoms with van der Waals surface area (Å²) >= 11 is 0. The molecule has 0 saturated carbocycles. The van der Waals surface area contributed by atoms with Gasteiger partial charge in [0.1, 0.15) is 0 Å². The maximum atomic E-state index is 13.5. The van der Waals surface area contributed by atoms with Gasteiger partial charge in [-0.3, -0.25) is 0 Å². The van der Waals surface area contributed by atoms with Crippen LogP contribution >= 0.6 is 0 Å². The summed E-state index contributed by atoms with van der Waals surface area (Å²) in [7, 11) is 0. The van der Waals surface area contributed by atoms with Crippen LogP contribution in [0.4, 0.5) is 13.2 Å². The molecule has 0 saturated heterocycles. The third-order valence-electron chi connectivity index (χ3n) is 4.20. The second-order valence-corrected chi connectivity index (χ2v) is 6.10. The Morgan fingerprint density at radius 1 is 0.769 bits per heavy atom. The van der Waals surface area contributed by atoms with Crippen LogP contribution in [-0.2, 0) is 6.42 Å². The summed E-state index contributed by atoms with van der Waals surface area (Å²) in [6.07, 6.45) is 0.720. The van der Waals surface area contributed by atoms with Crippen LogP contribution in [0.2, 0.25) is 0 Å². The minimum absolute atomic E-state index is 0.300. The quantitative estimate of drug-likeness (QED) is 0.390. The van der Waals surface area contributed by atoms with E-state index < -0.39 is 17.5 Å². The van der Waals surface area contributed by atoms with E-state index in [2.05, 4.69) is 11.8 Å². The predicted octanol–water partition coefficient (Wildman–Crippen LogP) is 6.04. The third-order valence-corrected chi connectivity index (χ3v) is 4.20. The van der Waals surface area contributed by atoms with E-state index in [1.807, 2.05) is 50.2 Å². The summed E-state index contributed by atoms with van der Waals surface area (Å²) in [5.41, 5.74) is 4.85. The van der Waals surface area contributed by atoms with Crippen LogP contribution < -0.4 is 0 Å². The SMILES string of the molecule is CCc1cc(-c2cc(F)c(F)c(F)c2)ccc1C#Cc1ccc(C)cc1. The third kappa shape index (κ3) is 3.81. The largest absolute Gasteiger partial charge is 0.204 e. The Morgan fingerprint density at radius 2 is 1.42 bits per heavy atom. The molecule has 3 aromatic carbocycles. The molecule has 0 aliphatic carbocycles. The van der Waals surface area contributed by atoms with Crippen molar-refractivity contribution in [3.05, 3.63) is 94.3 Å². The van der Waals surface area contributed by atoms with Crippen molar-refractivity contribution in [2.75, 3.05) is 0 Å². The average Bonchev–Trinajstić information content (AvgIpc) is 2.65. The molecule has 0 bridgehead atoms. The van der Waals surface area contributed by atoms with Crippen molar-refractivity contribution < 1.29 is 13.2 Å². The highest BCUT2D eigenvalue weighted by molar-refractivity contribution is 5.66. The standard InChI is InChI=1S/C23H17F3/c1-3-17-12-19(20-13-21(24)23(26)22(25)14-20)11-10-18(17)9-8-16-6-4-15(2)5-7-16/h4-7,10-14H,3H2,1-2H3. The molecule has 130 valence electrons. The molecule has 0 spiro atoms. The molecule has 0 aliphatic heterocycles. The number of hydrogen-bond acceptors (Lipinski definition) is 0. The predicted molar refractivity (Wildman–Crippen MR) is 98.3 cm³/mol. The zero-order chi connectivity index (χ0) is 18.7. The minimum Gasteiger partial charge on any atom is -0.204 e. The Balaban J connectivity index is 1.97. The molecular formula is C23H17F3. The molecule has 0 heterocycles. The minimum atomic E-state index is -1.45. The summed E-state index contributed by atoms with van der Waals surface area (Å²) in [5.74, 6) is 2.44. The molecule has 3 heteroatoms. The molecule has 3 aromatic rings. The fourth-order valence-corrected chi connectivity index (χ4v) is 2.69. The van der Waals surface area contributed by atoms with E-state index in [9.17, 15) is 13.2 Å². The van der Waals surface area contributed by atoms with Gasteiger partial charge in [-0.25, -0.2) is 13.2 Å². The molecule has 0 nitrogen and oxygen atoms in total. The van der Waals surface area contributed by atoms with Gasteiger partial charge in [0.05, 0.1) is 0 Å². The van der Waals surface area contributed by atoms with Crippen molar-refractivity contribution in [3.8, 4) is 23.0 Å². The molecule has 0 fully saturated rings. The van der Waals surface area contributed by atoms with Crippen LogP contribution in [0, 0.1) is 36.2 Å². The van der Waals surface area contributed by atoms with Gasteiger partial charge in [-0.1, -0.05) is 42.5 Å². The number of halogens is 3. The van der Waals surface area contributed by atoms with Gasteiger partial charge in [-0.2, -0.15) is 0 Å². The zero-order valence-electron chi connectivity index (χ0n) is 14.5. The number of aryl methyl sites for hydroxylation is 2. The Bertz CT molecular complexity index is 983. The van der Waals surface area contributed by atoms with Gasteiger partial charge in [-0.05, 0) is 66.4 Å². The maximum absolute atomic E-state index is 13.5. The van der Waals surface area contributed by atoms with Crippen molar-refractivity contribution in [2.45, 2.75) is 20.3 Å². The molecule has 0 aromatic heterocycles. The van der Waals surface area contributed by atoms with Gasteiger partial charge in [-0.15, -0.1) is 0 Å². The summed E-state index contributed by atoms with van der Waals surface area (Å²) in [6, 6.07) is 15.4. The first-order valence-corrected chi connectivity index (χ1v) is 8.34. The fourth-order valence-electron chi connectivity index (χ4n) is 2.69. The molecule has 0 radical (unpaired) electrons. The van der Waals surface area contributed by atoms with Crippen LogP contribution in [-0.4, -0.2) is 0 Å². The van der Waals surface area contributed by atoms with Gasteiger partial charge in [0.25, 0.3) is 0 Å². The van der Waals surface area contributed by atoms with Crippen molar-refractivity contribution in [3.63, 3.8) is 0 Å². The van der Waals surface area contributed by atoms with Crippen LogP contribution in [0.3, 0.4) is 0 Å². The second-order valence-electron chi connectivity index (χ2n) is 6.10. The molecule has 0 N–H and O–H groups in total. The van der Waals surface area contributed by atoms with Gasteiger partial charge in [0.2, 0.25) is 0 Å². The van der Waals surface area contributed by atoms with Crippen LogP contribution in [0.15, 0.2) is 54.6 Å². The first-order chi connectivity index (χ1) is 12.5. The topological polar surface area (TPSA) is 0 Å². The van der Waals surface area contributed by atoms with Gasteiger partial charge in [0.15, 0.2) is 17.5 Å². The van der Waals surface area contributed by atoms with Gasteiger partial charge >= 0.3 is 0 Å². The van der Waals surface area contributed by atoms with E-state index in [-0.39, 0.29) is 0 Å². The zero-order valence-corrected chi connectivity index (χ0v) is 14.5. The highest BCUT2D eigenvalue weighted by atomic mass is 19.2. The highest BCUT2D eigenvalue weighted by Crippen LogP contribution is 2.26. The Labute approximate surface area is 151 Å². The summed E-state index contributed by atoms with van der Waals surface area (Å²) < 4.78 is 40.1. The Morgan fingerprint density at radius 3 is 2.04 bits per heavy atom.